The number of nitrogens with one attached hydrogen (secondary N) is 2. The third-order valence-corrected chi connectivity index (χ3v) is 5.33. The van der Waals surface area contributed by atoms with Crippen LogP contribution in [0.15, 0.2) is 42.6 Å². The Kier molecular flexibility index (Phi) is 5.14. The van der Waals surface area contributed by atoms with Gasteiger partial charge in [-0.25, -0.2) is 9.78 Å². The zero-order chi connectivity index (χ0) is 19.5. The lowest BCUT2D eigenvalue weighted by atomic mass is 9.97. The molecule has 0 bridgehead atoms. The van der Waals surface area contributed by atoms with E-state index in [-0.39, 0.29) is 23.9 Å². The Morgan fingerprint density at radius 1 is 1.21 bits per heavy atom. The molecule has 3 heterocycles. The Labute approximate surface area is 164 Å². The SMILES string of the molecule is Cc1cccnc1NC(=O)[C@H]1CCCN(C(=O)N[C@H]2COc3ccccc32)C1. The predicted octanol–water partition coefficient (Wildman–Crippen LogP) is 2.88. The average molecular weight is 380 g/mol. The highest BCUT2D eigenvalue weighted by Gasteiger charge is 2.31. The molecule has 1 aromatic heterocycles. The number of anilines is 1. The third kappa shape index (κ3) is 3.78. The molecule has 4 rings (SSSR count). The number of benzene rings is 1. The Morgan fingerprint density at radius 2 is 2.07 bits per heavy atom. The first-order valence-electron chi connectivity index (χ1n) is 9.61. The number of amides is 3. The molecule has 0 radical (unpaired) electrons. The maximum absolute atomic E-state index is 12.8. The fourth-order valence-electron chi connectivity index (χ4n) is 3.73. The molecule has 28 heavy (non-hydrogen) atoms. The number of ether oxygens (including phenoxy) is 1. The van der Waals surface area contributed by atoms with Crippen molar-refractivity contribution in [3.8, 4) is 5.75 Å². The molecule has 2 atom stereocenters. The zero-order valence-corrected chi connectivity index (χ0v) is 15.9. The summed E-state index contributed by atoms with van der Waals surface area (Å²) in [6.07, 6.45) is 3.21. The summed E-state index contributed by atoms with van der Waals surface area (Å²) in [7, 11) is 0. The molecular weight excluding hydrogens is 356 g/mol. The second-order valence-electron chi connectivity index (χ2n) is 7.29. The van der Waals surface area contributed by atoms with Gasteiger partial charge < -0.3 is 20.3 Å². The summed E-state index contributed by atoms with van der Waals surface area (Å²) in [5.74, 6) is 1.06. The van der Waals surface area contributed by atoms with Gasteiger partial charge in [0.2, 0.25) is 5.91 Å². The molecule has 3 amide bonds. The van der Waals surface area contributed by atoms with Crippen molar-refractivity contribution >= 4 is 17.8 Å². The highest BCUT2D eigenvalue weighted by atomic mass is 16.5. The minimum Gasteiger partial charge on any atom is -0.491 e. The zero-order valence-electron chi connectivity index (χ0n) is 15.9. The number of para-hydroxylation sites is 1. The topological polar surface area (TPSA) is 83.6 Å². The lowest BCUT2D eigenvalue weighted by Crippen LogP contribution is -2.48. The number of likely N-dealkylation sites (tertiary alicyclic amines) is 1. The quantitative estimate of drug-likeness (QED) is 0.858. The van der Waals surface area contributed by atoms with Gasteiger partial charge in [-0.1, -0.05) is 24.3 Å². The van der Waals surface area contributed by atoms with Crippen LogP contribution in [0.1, 0.15) is 30.0 Å². The van der Waals surface area contributed by atoms with Crippen LogP contribution in [0.3, 0.4) is 0 Å². The van der Waals surface area contributed by atoms with Gasteiger partial charge in [0.15, 0.2) is 0 Å². The van der Waals surface area contributed by atoms with Crippen molar-refractivity contribution < 1.29 is 14.3 Å². The van der Waals surface area contributed by atoms with Crippen LogP contribution >= 0.6 is 0 Å². The van der Waals surface area contributed by atoms with E-state index in [4.69, 9.17) is 4.74 Å². The van der Waals surface area contributed by atoms with Crippen LogP contribution in [-0.4, -0.2) is 41.5 Å². The number of aromatic nitrogens is 1. The minimum atomic E-state index is -0.243. The number of carbonyl (C=O) groups excluding carboxylic acids is 2. The second kappa shape index (κ2) is 7.88. The Morgan fingerprint density at radius 3 is 2.93 bits per heavy atom. The van der Waals surface area contributed by atoms with E-state index >= 15 is 0 Å². The number of urea groups is 1. The number of fused-ring (bicyclic) bond motifs is 1. The number of hydrogen-bond donors (Lipinski definition) is 2. The van der Waals surface area contributed by atoms with Gasteiger partial charge in [0, 0.05) is 24.8 Å². The monoisotopic (exact) mass is 380 g/mol. The fourth-order valence-corrected chi connectivity index (χ4v) is 3.73. The van der Waals surface area contributed by atoms with Crippen LogP contribution in [-0.2, 0) is 4.79 Å². The molecule has 146 valence electrons. The highest BCUT2D eigenvalue weighted by Crippen LogP contribution is 2.32. The van der Waals surface area contributed by atoms with Crippen LogP contribution in [0.2, 0.25) is 0 Å². The summed E-state index contributed by atoms with van der Waals surface area (Å²) in [5, 5.41) is 5.94. The highest BCUT2D eigenvalue weighted by molar-refractivity contribution is 5.92. The van der Waals surface area contributed by atoms with E-state index in [2.05, 4.69) is 15.6 Å². The number of nitrogens with zero attached hydrogens (tertiary/aromatic N) is 2. The van der Waals surface area contributed by atoms with E-state index in [0.29, 0.717) is 25.5 Å². The van der Waals surface area contributed by atoms with Crippen LogP contribution in [0.4, 0.5) is 10.6 Å². The molecule has 2 N–H and O–H groups in total. The average Bonchev–Trinajstić information content (AvgIpc) is 3.13. The van der Waals surface area contributed by atoms with Gasteiger partial charge in [-0.15, -0.1) is 0 Å². The molecule has 2 aliphatic rings. The molecule has 0 unspecified atom stereocenters. The number of pyridine rings is 1. The van der Waals surface area contributed by atoms with Gasteiger partial charge in [-0.3, -0.25) is 4.79 Å². The molecule has 0 aliphatic carbocycles. The van der Waals surface area contributed by atoms with Crippen LogP contribution in [0, 0.1) is 12.8 Å². The summed E-state index contributed by atoms with van der Waals surface area (Å²) in [5.41, 5.74) is 1.91. The van der Waals surface area contributed by atoms with Gasteiger partial charge in [0.1, 0.15) is 18.2 Å². The Balaban J connectivity index is 1.36. The molecule has 1 saturated heterocycles. The summed E-state index contributed by atoms with van der Waals surface area (Å²) >= 11 is 0. The third-order valence-electron chi connectivity index (χ3n) is 5.33. The van der Waals surface area contributed by atoms with Crippen LogP contribution in [0.25, 0.3) is 0 Å². The van der Waals surface area contributed by atoms with E-state index in [1.54, 1.807) is 11.1 Å². The van der Waals surface area contributed by atoms with Crippen LogP contribution in [0.5, 0.6) is 5.75 Å². The van der Waals surface area contributed by atoms with Crippen molar-refractivity contribution in [3.05, 3.63) is 53.7 Å². The summed E-state index contributed by atoms with van der Waals surface area (Å²) in [6.45, 7) is 3.39. The van der Waals surface area contributed by atoms with Gasteiger partial charge in [0.25, 0.3) is 0 Å². The molecule has 1 aromatic carbocycles. The van der Waals surface area contributed by atoms with Crippen molar-refractivity contribution in [1.29, 1.82) is 0 Å². The van der Waals surface area contributed by atoms with E-state index in [1.807, 2.05) is 43.3 Å². The normalized spacial score (nSPS) is 20.8. The van der Waals surface area contributed by atoms with E-state index < -0.39 is 0 Å². The van der Waals surface area contributed by atoms with Gasteiger partial charge in [-0.2, -0.15) is 0 Å². The molecule has 0 saturated carbocycles. The molecule has 7 nitrogen and oxygen atoms in total. The molecule has 0 spiro atoms. The summed E-state index contributed by atoms with van der Waals surface area (Å²) in [6, 6.07) is 11.2. The van der Waals surface area contributed by atoms with Crippen molar-refractivity contribution in [3.63, 3.8) is 0 Å². The van der Waals surface area contributed by atoms with Crippen molar-refractivity contribution in [2.45, 2.75) is 25.8 Å². The number of aryl methyl sites for hydroxylation is 1. The van der Waals surface area contributed by atoms with Gasteiger partial charge >= 0.3 is 6.03 Å². The van der Waals surface area contributed by atoms with Crippen molar-refractivity contribution in [2.75, 3.05) is 25.0 Å². The van der Waals surface area contributed by atoms with Gasteiger partial charge in [0.05, 0.1) is 12.0 Å². The number of carbonyl (C=O) groups is 2. The molecule has 2 aromatic rings. The second-order valence-corrected chi connectivity index (χ2v) is 7.29. The van der Waals surface area contributed by atoms with E-state index in [0.717, 1.165) is 29.7 Å². The number of rotatable bonds is 3. The Hall–Kier alpha value is -3.09. The predicted molar refractivity (Wildman–Crippen MR) is 105 cm³/mol. The number of hydrogen-bond acceptors (Lipinski definition) is 4. The maximum Gasteiger partial charge on any atom is 0.318 e. The lowest BCUT2D eigenvalue weighted by Gasteiger charge is -2.32. The van der Waals surface area contributed by atoms with E-state index in [1.165, 1.54) is 0 Å². The molecule has 7 heteroatoms. The van der Waals surface area contributed by atoms with Gasteiger partial charge in [-0.05, 0) is 37.5 Å². The molecular formula is C21H24N4O3. The first kappa shape index (κ1) is 18.3. The fraction of sp³-hybridized carbons (Fsp3) is 0.381. The maximum atomic E-state index is 12.8. The minimum absolute atomic E-state index is 0.0890. The summed E-state index contributed by atoms with van der Waals surface area (Å²) < 4.78 is 5.63. The summed E-state index contributed by atoms with van der Waals surface area (Å²) in [4.78, 5) is 31.4. The van der Waals surface area contributed by atoms with Crippen LogP contribution < -0.4 is 15.4 Å². The van der Waals surface area contributed by atoms with E-state index in [9.17, 15) is 9.59 Å². The molecule has 1 fully saturated rings. The largest absolute Gasteiger partial charge is 0.491 e. The van der Waals surface area contributed by atoms with Crippen molar-refractivity contribution in [2.24, 2.45) is 5.92 Å². The first-order valence-corrected chi connectivity index (χ1v) is 9.61. The standard InChI is InChI=1S/C21H24N4O3/c1-14-6-4-10-22-19(14)24-20(26)15-7-5-11-25(12-15)21(27)23-17-13-28-18-9-3-2-8-16(17)18/h2-4,6,8-10,15,17H,5,7,11-13H2,1H3,(H,23,27)(H,22,24,26)/t15-,17-/m0/s1. The molecule has 2 aliphatic heterocycles. The van der Waals surface area contributed by atoms with Crippen molar-refractivity contribution in [1.82, 2.24) is 15.2 Å². The number of piperidine rings is 1. The smallest absolute Gasteiger partial charge is 0.318 e. The lowest BCUT2D eigenvalue weighted by molar-refractivity contribution is -0.121. The first-order chi connectivity index (χ1) is 13.6. The Bertz CT molecular complexity index is 885.